The van der Waals surface area contributed by atoms with E-state index < -0.39 is 0 Å². The molecule has 4 aromatic rings. The zero-order valence-electron chi connectivity index (χ0n) is 21.6. The number of hydrogen-bond acceptors (Lipinski definition) is 7. The Morgan fingerprint density at radius 3 is 2.72 bits per heavy atom. The zero-order valence-corrected chi connectivity index (χ0v) is 22.4. The number of hydrogen-bond donors (Lipinski definition) is 1. The molecule has 1 amide bonds. The van der Waals surface area contributed by atoms with Gasteiger partial charge in [-0.1, -0.05) is 24.3 Å². The second-order valence-electron chi connectivity index (χ2n) is 9.36. The lowest BCUT2D eigenvalue weighted by Crippen LogP contribution is -2.14. The normalized spacial score (nSPS) is 13.8. The summed E-state index contributed by atoms with van der Waals surface area (Å²) in [6.07, 6.45) is 5.90. The average molecular weight is 541 g/mol. The van der Waals surface area contributed by atoms with Gasteiger partial charge in [0, 0.05) is 16.8 Å². The van der Waals surface area contributed by atoms with Crippen LogP contribution in [0.4, 0.5) is 10.7 Å². The highest BCUT2D eigenvalue weighted by molar-refractivity contribution is 7.16. The van der Waals surface area contributed by atoms with E-state index >= 15 is 0 Å². The van der Waals surface area contributed by atoms with Gasteiger partial charge in [-0.15, -0.1) is 11.3 Å². The van der Waals surface area contributed by atoms with Gasteiger partial charge in [0.25, 0.3) is 5.91 Å². The van der Waals surface area contributed by atoms with E-state index in [4.69, 9.17) is 23.9 Å². The monoisotopic (exact) mass is 540 g/mol. The van der Waals surface area contributed by atoms with Gasteiger partial charge >= 0.3 is 0 Å². The van der Waals surface area contributed by atoms with Crippen molar-refractivity contribution in [1.82, 2.24) is 0 Å². The minimum absolute atomic E-state index is 0.113. The Morgan fingerprint density at radius 2 is 1.85 bits per heavy atom. The molecule has 1 aromatic heterocycles. The van der Waals surface area contributed by atoms with Gasteiger partial charge in [0.1, 0.15) is 11.6 Å². The van der Waals surface area contributed by atoms with Crippen LogP contribution in [0.2, 0.25) is 0 Å². The van der Waals surface area contributed by atoms with E-state index in [2.05, 4.69) is 5.32 Å². The van der Waals surface area contributed by atoms with Gasteiger partial charge < -0.3 is 24.3 Å². The van der Waals surface area contributed by atoms with Crippen LogP contribution < -0.4 is 24.3 Å². The van der Waals surface area contributed by atoms with Crippen molar-refractivity contribution < 1.29 is 23.7 Å². The van der Waals surface area contributed by atoms with Gasteiger partial charge in [0.05, 0.1) is 12.7 Å². The summed E-state index contributed by atoms with van der Waals surface area (Å²) in [6.45, 7) is 0.602. The molecule has 7 nitrogen and oxygen atoms in total. The van der Waals surface area contributed by atoms with E-state index in [0.717, 1.165) is 64.6 Å². The van der Waals surface area contributed by atoms with Gasteiger partial charge in [-0.3, -0.25) is 4.79 Å². The van der Waals surface area contributed by atoms with E-state index in [0.29, 0.717) is 23.7 Å². The highest BCUT2D eigenvalue weighted by Gasteiger charge is 2.25. The number of nitrogens with zero attached hydrogens (tertiary/aromatic N) is 1. The summed E-state index contributed by atoms with van der Waals surface area (Å²) in [7, 11) is 1.61. The number of amides is 1. The third-order valence-electron chi connectivity index (χ3n) is 6.76. The Bertz CT molecular complexity index is 1530. The number of benzene rings is 3. The molecule has 0 spiro atoms. The number of para-hydroxylation sites is 1. The van der Waals surface area contributed by atoms with Crippen LogP contribution >= 0.6 is 11.3 Å². The van der Waals surface area contributed by atoms with Crippen molar-refractivity contribution in [2.24, 2.45) is 4.99 Å². The van der Waals surface area contributed by atoms with Crippen LogP contribution in [0.1, 0.15) is 44.8 Å². The number of aryl methyl sites for hydroxylation is 1. The van der Waals surface area contributed by atoms with Crippen LogP contribution in [-0.4, -0.2) is 26.0 Å². The molecule has 0 saturated heterocycles. The Balaban J connectivity index is 1.21. The molecular weight excluding hydrogens is 512 g/mol. The molecule has 3 aromatic carbocycles. The minimum atomic E-state index is -0.113. The summed E-state index contributed by atoms with van der Waals surface area (Å²) in [5, 5.41) is 3.78. The molecule has 1 aliphatic heterocycles. The largest absolute Gasteiger partial charge is 0.493 e. The van der Waals surface area contributed by atoms with Crippen molar-refractivity contribution in [3.05, 3.63) is 93.9 Å². The van der Waals surface area contributed by atoms with E-state index in [1.807, 2.05) is 66.7 Å². The number of methoxy groups -OCH3 is 1. The van der Waals surface area contributed by atoms with Crippen molar-refractivity contribution >= 4 is 34.1 Å². The molecular formula is C31H28N2O5S. The minimum Gasteiger partial charge on any atom is -0.493 e. The first-order valence-electron chi connectivity index (χ1n) is 12.9. The summed E-state index contributed by atoms with van der Waals surface area (Å²) in [5.41, 5.74) is 4.41. The van der Waals surface area contributed by atoms with Crippen molar-refractivity contribution in [3.8, 4) is 23.0 Å². The zero-order chi connectivity index (χ0) is 26.6. The first kappa shape index (κ1) is 25.0. The lowest BCUT2D eigenvalue weighted by atomic mass is 9.95. The van der Waals surface area contributed by atoms with Gasteiger partial charge in [-0.05, 0) is 84.8 Å². The fourth-order valence-electron chi connectivity index (χ4n) is 4.80. The molecule has 0 saturated carbocycles. The van der Waals surface area contributed by atoms with Crippen LogP contribution in [0, 0.1) is 0 Å². The Morgan fingerprint density at radius 1 is 1.00 bits per heavy atom. The summed E-state index contributed by atoms with van der Waals surface area (Å²) < 4.78 is 22.5. The van der Waals surface area contributed by atoms with Gasteiger partial charge in [-0.25, -0.2) is 4.99 Å². The SMILES string of the molecule is COc1cc(/C=N\c2sc3c(c2C(=O)Nc2ccccc2)CCCC3)ccc1OCc1ccc2c(c1)OCO2. The number of aliphatic imine (C=N–C) groups is 1. The number of ether oxygens (including phenoxy) is 4. The fraction of sp³-hybridized carbons (Fsp3) is 0.226. The van der Waals surface area contributed by atoms with Gasteiger partial charge in [-0.2, -0.15) is 0 Å². The molecule has 0 unspecified atom stereocenters. The maximum atomic E-state index is 13.3. The second-order valence-corrected chi connectivity index (χ2v) is 10.4. The lowest BCUT2D eigenvalue weighted by molar-refractivity contribution is 0.102. The predicted molar refractivity (Wildman–Crippen MR) is 153 cm³/mol. The third kappa shape index (κ3) is 5.47. The fourth-order valence-corrected chi connectivity index (χ4v) is 6.03. The maximum absolute atomic E-state index is 13.3. The Kier molecular flexibility index (Phi) is 7.19. The van der Waals surface area contributed by atoms with E-state index in [1.54, 1.807) is 24.7 Å². The van der Waals surface area contributed by atoms with Crippen molar-refractivity contribution in [3.63, 3.8) is 0 Å². The molecule has 0 fully saturated rings. The average Bonchev–Trinajstić information content (AvgIpc) is 3.59. The van der Waals surface area contributed by atoms with Gasteiger partial charge in [0.2, 0.25) is 6.79 Å². The number of fused-ring (bicyclic) bond motifs is 2. The van der Waals surface area contributed by atoms with Crippen LogP contribution in [0.15, 0.2) is 71.7 Å². The summed E-state index contributed by atoms with van der Waals surface area (Å²) in [5.74, 6) is 2.58. The van der Waals surface area contributed by atoms with Gasteiger partial charge in [0.15, 0.2) is 23.0 Å². The molecule has 2 heterocycles. The molecule has 0 radical (unpaired) electrons. The quantitative estimate of drug-likeness (QED) is 0.245. The highest BCUT2D eigenvalue weighted by Crippen LogP contribution is 2.40. The number of carbonyl (C=O) groups excluding carboxylic acids is 1. The summed E-state index contributed by atoms with van der Waals surface area (Å²) in [4.78, 5) is 19.4. The van der Waals surface area contributed by atoms with Crippen molar-refractivity contribution in [2.75, 3.05) is 19.2 Å². The second kappa shape index (κ2) is 11.2. The van der Waals surface area contributed by atoms with Crippen molar-refractivity contribution in [2.45, 2.75) is 32.3 Å². The molecule has 2 aliphatic rings. The first-order chi connectivity index (χ1) is 19.2. The highest BCUT2D eigenvalue weighted by atomic mass is 32.1. The number of carbonyl (C=O) groups is 1. The predicted octanol–water partition coefficient (Wildman–Crippen LogP) is 6.95. The molecule has 39 heavy (non-hydrogen) atoms. The van der Waals surface area contributed by atoms with Crippen LogP contribution in [0.25, 0.3) is 0 Å². The summed E-state index contributed by atoms with van der Waals surface area (Å²) >= 11 is 1.61. The molecule has 1 N–H and O–H groups in total. The van der Waals surface area contributed by atoms with Crippen LogP contribution in [0.3, 0.4) is 0 Å². The lowest BCUT2D eigenvalue weighted by Gasteiger charge is -2.13. The third-order valence-corrected chi connectivity index (χ3v) is 7.96. The topological polar surface area (TPSA) is 78.4 Å². The molecule has 0 atom stereocenters. The van der Waals surface area contributed by atoms with E-state index in [1.165, 1.54) is 4.88 Å². The maximum Gasteiger partial charge on any atom is 0.259 e. The Labute approximate surface area is 231 Å². The standard InChI is InChI=1S/C31H28N2O5S/c1-35-26-15-20(11-13-24(26)36-18-21-12-14-25-27(16-21)38-19-37-25)17-32-31-29(23-9-5-6-10-28(23)39-31)30(34)33-22-7-3-2-4-8-22/h2-4,7-8,11-17H,5-6,9-10,18-19H2,1H3,(H,33,34)/b32-17-. The number of anilines is 1. The smallest absolute Gasteiger partial charge is 0.259 e. The van der Waals surface area contributed by atoms with Crippen LogP contribution in [0.5, 0.6) is 23.0 Å². The number of rotatable bonds is 8. The molecule has 6 rings (SSSR count). The first-order valence-corrected chi connectivity index (χ1v) is 13.7. The number of nitrogens with one attached hydrogen (secondary N) is 1. The number of thiophene rings is 1. The van der Waals surface area contributed by atoms with Crippen molar-refractivity contribution in [1.29, 1.82) is 0 Å². The van der Waals surface area contributed by atoms with E-state index in [9.17, 15) is 4.79 Å². The summed E-state index contributed by atoms with van der Waals surface area (Å²) in [6, 6.07) is 21.0. The molecule has 1 aliphatic carbocycles. The van der Waals surface area contributed by atoms with E-state index in [-0.39, 0.29) is 12.7 Å². The molecule has 0 bridgehead atoms. The molecule has 8 heteroatoms. The van der Waals surface area contributed by atoms with Crippen LogP contribution in [-0.2, 0) is 19.4 Å². The Hall–Kier alpha value is -4.30. The molecule has 198 valence electrons.